The molecular formula is C11H9ClFNO2. The van der Waals surface area contributed by atoms with Gasteiger partial charge in [-0.1, -0.05) is 16.8 Å². The zero-order valence-electron chi connectivity index (χ0n) is 8.54. The first kappa shape index (κ1) is 11.0. The van der Waals surface area contributed by atoms with Gasteiger partial charge >= 0.3 is 0 Å². The lowest BCUT2D eigenvalue weighted by Gasteiger charge is -2.03. The third-order valence-electron chi connectivity index (χ3n) is 1.95. The molecule has 0 amide bonds. The van der Waals surface area contributed by atoms with Crippen LogP contribution in [-0.4, -0.2) is 5.16 Å². The first-order chi connectivity index (χ1) is 7.65. The predicted octanol–water partition coefficient (Wildman–Crippen LogP) is 3.35. The number of aryl methyl sites for hydroxylation is 1. The van der Waals surface area contributed by atoms with Gasteiger partial charge in [0.15, 0.2) is 0 Å². The van der Waals surface area contributed by atoms with Crippen LogP contribution in [0.5, 0.6) is 5.75 Å². The summed E-state index contributed by atoms with van der Waals surface area (Å²) in [5.41, 5.74) is 0.660. The number of rotatable bonds is 3. The fourth-order valence-electron chi connectivity index (χ4n) is 1.21. The molecule has 2 aromatic rings. The Balaban J connectivity index is 2.02. The van der Waals surface area contributed by atoms with Gasteiger partial charge in [0.1, 0.15) is 29.6 Å². The van der Waals surface area contributed by atoms with E-state index in [2.05, 4.69) is 5.16 Å². The molecule has 0 unspecified atom stereocenters. The molecule has 0 saturated heterocycles. The highest BCUT2D eigenvalue weighted by Crippen LogP contribution is 2.21. The maximum atomic E-state index is 13.1. The molecule has 0 atom stereocenters. The van der Waals surface area contributed by atoms with Crippen LogP contribution in [0, 0.1) is 12.7 Å². The minimum atomic E-state index is -0.504. The highest BCUT2D eigenvalue weighted by atomic mass is 35.5. The van der Waals surface area contributed by atoms with Gasteiger partial charge < -0.3 is 9.26 Å². The Bertz CT molecular complexity index is 498. The molecule has 0 aliphatic rings. The summed E-state index contributed by atoms with van der Waals surface area (Å²) in [6.07, 6.45) is 0. The molecule has 0 aliphatic carbocycles. The van der Waals surface area contributed by atoms with Gasteiger partial charge in [-0.05, 0) is 19.1 Å². The minimum absolute atomic E-state index is 0.0737. The molecule has 0 aliphatic heterocycles. The maximum absolute atomic E-state index is 13.1. The van der Waals surface area contributed by atoms with Crippen LogP contribution in [-0.2, 0) is 6.61 Å². The van der Waals surface area contributed by atoms with Crippen LogP contribution < -0.4 is 4.74 Å². The molecule has 1 aromatic heterocycles. The van der Waals surface area contributed by atoms with Crippen molar-refractivity contribution < 1.29 is 13.7 Å². The lowest BCUT2D eigenvalue weighted by atomic mass is 10.3. The van der Waals surface area contributed by atoms with Crippen molar-refractivity contribution in [1.29, 1.82) is 0 Å². The van der Waals surface area contributed by atoms with Gasteiger partial charge in [0.05, 0.1) is 5.02 Å². The number of nitrogens with zero attached hydrogens (tertiary/aromatic N) is 1. The third-order valence-corrected chi connectivity index (χ3v) is 2.26. The predicted molar refractivity (Wildman–Crippen MR) is 57.0 cm³/mol. The molecule has 0 saturated carbocycles. The van der Waals surface area contributed by atoms with Crippen molar-refractivity contribution in [1.82, 2.24) is 5.16 Å². The fraction of sp³-hybridized carbons (Fsp3) is 0.182. The zero-order valence-corrected chi connectivity index (χ0v) is 9.29. The fourth-order valence-corrected chi connectivity index (χ4v) is 1.33. The van der Waals surface area contributed by atoms with E-state index in [1.165, 1.54) is 12.1 Å². The molecule has 0 radical (unpaired) electrons. The van der Waals surface area contributed by atoms with Gasteiger partial charge in [0, 0.05) is 12.1 Å². The van der Waals surface area contributed by atoms with Crippen LogP contribution in [0.3, 0.4) is 0 Å². The molecule has 0 N–H and O–H groups in total. The van der Waals surface area contributed by atoms with Crippen molar-refractivity contribution in [2.24, 2.45) is 0 Å². The number of hydrogen-bond donors (Lipinski definition) is 0. The standard InChI is InChI=1S/C11H9ClFNO2/c1-7-4-8(14-16-7)6-15-9-2-3-10(12)11(13)5-9/h2-5H,6H2,1H3. The second-order valence-corrected chi connectivity index (χ2v) is 3.70. The van der Waals surface area contributed by atoms with E-state index in [0.717, 1.165) is 0 Å². The second-order valence-electron chi connectivity index (χ2n) is 3.29. The average Bonchev–Trinajstić information content (AvgIpc) is 2.66. The Hall–Kier alpha value is -1.55. The molecule has 0 spiro atoms. The monoisotopic (exact) mass is 241 g/mol. The summed E-state index contributed by atoms with van der Waals surface area (Å²) in [6, 6.07) is 6.03. The van der Waals surface area contributed by atoms with Crippen molar-refractivity contribution in [3.63, 3.8) is 0 Å². The highest BCUT2D eigenvalue weighted by Gasteiger charge is 2.04. The van der Waals surface area contributed by atoms with E-state index >= 15 is 0 Å². The quantitative estimate of drug-likeness (QED) is 0.827. The summed E-state index contributed by atoms with van der Waals surface area (Å²) in [4.78, 5) is 0. The van der Waals surface area contributed by atoms with Crippen molar-refractivity contribution in [3.05, 3.63) is 46.6 Å². The Morgan fingerprint density at radius 3 is 2.88 bits per heavy atom. The Labute approximate surface area is 96.8 Å². The smallest absolute Gasteiger partial charge is 0.145 e. The van der Waals surface area contributed by atoms with Gasteiger partial charge in [-0.2, -0.15) is 0 Å². The van der Waals surface area contributed by atoms with Gasteiger partial charge in [-0.15, -0.1) is 0 Å². The summed E-state index contributed by atoms with van der Waals surface area (Å²) < 4.78 is 23.3. The summed E-state index contributed by atoms with van der Waals surface area (Å²) in [7, 11) is 0. The van der Waals surface area contributed by atoms with Crippen LogP contribution >= 0.6 is 11.6 Å². The summed E-state index contributed by atoms with van der Waals surface area (Å²) >= 11 is 5.54. The third kappa shape index (κ3) is 2.52. The van der Waals surface area contributed by atoms with Gasteiger partial charge in [0.2, 0.25) is 0 Å². The van der Waals surface area contributed by atoms with Crippen LogP contribution in [0.1, 0.15) is 11.5 Å². The van der Waals surface area contributed by atoms with E-state index < -0.39 is 5.82 Å². The molecule has 84 valence electrons. The van der Waals surface area contributed by atoms with E-state index in [1.54, 1.807) is 19.1 Å². The van der Waals surface area contributed by atoms with Gasteiger partial charge in [-0.25, -0.2) is 4.39 Å². The van der Waals surface area contributed by atoms with E-state index in [-0.39, 0.29) is 11.6 Å². The van der Waals surface area contributed by atoms with Crippen LogP contribution in [0.25, 0.3) is 0 Å². The largest absolute Gasteiger partial charge is 0.487 e. The Kier molecular flexibility index (Phi) is 3.10. The zero-order chi connectivity index (χ0) is 11.5. The molecule has 1 heterocycles. The lowest BCUT2D eigenvalue weighted by molar-refractivity contribution is 0.286. The average molecular weight is 242 g/mol. The summed E-state index contributed by atoms with van der Waals surface area (Å²) in [6.45, 7) is 2.02. The summed E-state index contributed by atoms with van der Waals surface area (Å²) in [5.74, 6) is 0.610. The Morgan fingerprint density at radius 1 is 1.44 bits per heavy atom. The van der Waals surface area contributed by atoms with Crippen LogP contribution in [0.15, 0.2) is 28.8 Å². The molecule has 16 heavy (non-hydrogen) atoms. The van der Waals surface area contributed by atoms with Crippen molar-refractivity contribution >= 4 is 11.6 Å². The summed E-state index contributed by atoms with van der Waals surface area (Å²) in [5, 5.41) is 3.82. The second kappa shape index (κ2) is 4.53. The van der Waals surface area contributed by atoms with E-state index in [4.69, 9.17) is 20.9 Å². The SMILES string of the molecule is Cc1cc(COc2ccc(Cl)c(F)c2)no1. The topological polar surface area (TPSA) is 35.3 Å². The first-order valence-electron chi connectivity index (χ1n) is 4.65. The molecule has 0 fully saturated rings. The molecule has 5 heteroatoms. The van der Waals surface area contributed by atoms with Crippen molar-refractivity contribution in [3.8, 4) is 5.75 Å². The van der Waals surface area contributed by atoms with Crippen molar-refractivity contribution in [2.75, 3.05) is 0 Å². The van der Waals surface area contributed by atoms with Crippen LogP contribution in [0.4, 0.5) is 4.39 Å². The molecular weight excluding hydrogens is 233 g/mol. The van der Waals surface area contributed by atoms with Gasteiger partial charge in [-0.3, -0.25) is 0 Å². The number of halogens is 2. The highest BCUT2D eigenvalue weighted by molar-refractivity contribution is 6.30. The van der Waals surface area contributed by atoms with E-state index in [1.807, 2.05) is 0 Å². The van der Waals surface area contributed by atoms with Gasteiger partial charge in [0.25, 0.3) is 0 Å². The molecule has 3 nitrogen and oxygen atoms in total. The number of aromatic nitrogens is 1. The van der Waals surface area contributed by atoms with E-state index in [9.17, 15) is 4.39 Å². The number of benzene rings is 1. The minimum Gasteiger partial charge on any atom is -0.487 e. The lowest BCUT2D eigenvalue weighted by Crippen LogP contribution is -1.95. The normalized spacial score (nSPS) is 10.4. The number of ether oxygens (including phenoxy) is 1. The van der Waals surface area contributed by atoms with Crippen molar-refractivity contribution in [2.45, 2.75) is 13.5 Å². The first-order valence-corrected chi connectivity index (χ1v) is 5.03. The number of hydrogen-bond acceptors (Lipinski definition) is 3. The maximum Gasteiger partial charge on any atom is 0.145 e. The Morgan fingerprint density at radius 2 is 2.25 bits per heavy atom. The molecule has 2 rings (SSSR count). The van der Waals surface area contributed by atoms with Crippen LogP contribution in [0.2, 0.25) is 5.02 Å². The van der Waals surface area contributed by atoms with E-state index in [0.29, 0.717) is 17.2 Å². The molecule has 0 bridgehead atoms. The molecule has 1 aromatic carbocycles.